The van der Waals surface area contributed by atoms with Crippen molar-refractivity contribution in [2.24, 2.45) is 0 Å². The van der Waals surface area contributed by atoms with E-state index in [0.717, 1.165) is 23.9 Å². The number of benzene rings is 1. The fourth-order valence-corrected chi connectivity index (χ4v) is 1.86. The first-order chi connectivity index (χ1) is 9.80. The molecule has 1 aromatic rings. The normalized spacial score (nSPS) is 10.5. The highest BCUT2D eigenvalue weighted by molar-refractivity contribution is 8.13. The molecule has 1 aromatic carbocycles. The van der Waals surface area contributed by atoms with Crippen LogP contribution in [0.3, 0.4) is 0 Å². The summed E-state index contributed by atoms with van der Waals surface area (Å²) in [6.07, 6.45) is -4.00. The molecule has 112 valence electrons. The molecule has 0 atom stereocenters. The Labute approximate surface area is 123 Å². The molecule has 0 saturated carbocycles. The van der Waals surface area contributed by atoms with E-state index in [4.69, 9.17) is 0 Å². The van der Waals surface area contributed by atoms with Crippen molar-refractivity contribution in [3.8, 4) is 17.6 Å². The molecule has 0 aliphatic carbocycles. The van der Waals surface area contributed by atoms with E-state index >= 15 is 0 Å². The van der Waals surface area contributed by atoms with Crippen LogP contribution in [0.1, 0.15) is 29.3 Å². The molecule has 0 aliphatic heterocycles. The highest BCUT2D eigenvalue weighted by atomic mass is 32.2. The predicted octanol–water partition coefficient (Wildman–Crippen LogP) is 3.42. The monoisotopic (exact) mass is 316 g/mol. The first-order valence-corrected chi connectivity index (χ1v) is 6.77. The summed E-state index contributed by atoms with van der Waals surface area (Å²) in [4.78, 5) is 21.4. The number of hydrogen-bond donors (Lipinski definition) is 0. The maximum absolute atomic E-state index is 12.2. The SMILES string of the molecule is CC(=O)SCCC#Cc1cc(C=O)cc(OC(F)(F)F)c1. The Kier molecular flexibility index (Phi) is 6.31. The van der Waals surface area contributed by atoms with Crippen LogP contribution >= 0.6 is 11.8 Å². The van der Waals surface area contributed by atoms with Crippen LogP contribution in [0.2, 0.25) is 0 Å². The largest absolute Gasteiger partial charge is 0.573 e. The quantitative estimate of drug-likeness (QED) is 0.485. The number of hydrogen-bond acceptors (Lipinski definition) is 4. The average molecular weight is 316 g/mol. The van der Waals surface area contributed by atoms with Gasteiger partial charge in [-0.15, -0.1) is 13.2 Å². The van der Waals surface area contributed by atoms with Gasteiger partial charge >= 0.3 is 6.36 Å². The molecule has 0 fully saturated rings. The van der Waals surface area contributed by atoms with Crippen molar-refractivity contribution in [3.63, 3.8) is 0 Å². The van der Waals surface area contributed by atoms with E-state index in [1.807, 2.05) is 0 Å². The zero-order chi connectivity index (χ0) is 15.9. The second kappa shape index (κ2) is 7.74. The van der Waals surface area contributed by atoms with Crippen molar-refractivity contribution in [1.29, 1.82) is 0 Å². The van der Waals surface area contributed by atoms with Gasteiger partial charge in [-0.1, -0.05) is 23.6 Å². The van der Waals surface area contributed by atoms with Crippen LogP contribution in [0.15, 0.2) is 18.2 Å². The third-order valence-electron chi connectivity index (χ3n) is 2.06. The molecule has 7 heteroatoms. The molecule has 21 heavy (non-hydrogen) atoms. The average Bonchev–Trinajstić information content (AvgIpc) is 2.35. The fraction of sp³-hybridized carbons (Fsp3) is 0.286. The van der Waals surface area contributed by atoms with Gasteiger partial charge in [0.15, 0.2) is 5.12 Å². The van der Waals surface area contributed by atoms with Crippen molar-refractivity contribution >= 4 is 23.2 Å². The van der Waals surface area contributed by atoms with Crippen molar-refractivity contribution in [2.45, 2.75) is 19.7 Å². The lowest BCUT2D eigenvalue weighted by molar-refractivity contribution is -0.274. The van der Waals surface area contributed by atoms with Crippen molar-refractivity contribution in [1.82, 2.24) is 0 Å². The van der Waals surface area contributed by atoms with E-state index in [-0.39, 0.29) is 16.2 Å². The van der Waals surface area contributed by atoms with E-state index in [1.165, 1.54) is 13.0 Å². The van der Waals surface area contributed by atoms with Gasteiger partial charge in [-0.25, -0.2) is 0 Å². The number of carbonyl (C=O) groups is 2. The Morgan fingerprint density at radius 3 is 2.67 bits per heavy atom. The molecule has 0 aromatic heterocycles. The molecular weight excluding hydrogens is 305 g/mol. The maximum Gasteiger partial charge on any atom is 0.573 e. The molecule has 0 heterocycles. The molecule has 0 bridgehead atoms. The van der Waals surface area contributed by atoms with E-state index in [9.17, 15) is 22.8 Å². The minimum Gasteiger partial charge on any atom is -0.406 e. The van der Waals surface area contributed by atoms with E-state index < -0.39 is 12.1 Å². The van der Waals surface area contributed by atoms with Gasteiger partial charge in [0, 0.05) is 30.2 Å². The van der Waals surface area contributed by atoms with E-state index in [0.29, 0.717) is 18.5 Å². The van der Waals surface area contributed by atoms with Gasteiger partial charge in [-0.3, -0.25) is 9.59 Å². The van der Waals surface area contributed by atoms with Gasteiger partial charge in [0.2, 0.25) is 0 Å². The first kappa shape index (κ1) is 17.1. The highest BCUT2D eigenvalue weighted by Gasteiger charge is 2.31. The number of ether oxygens (including phenoxy) is 1. The predicted molar refractivity (Wildman–Crippen MR) is 73.1 cm³/mol. The van der Waals surface area contributed by atoms with Crippen LogP contribution in [0.4, 0.5) is 13.2 Å². The molecule has 0 spiro atoms. The van der Waals surface area contributed by atoms with E-state index in [2.05, 4.69) is 16.6 Å². The molecule has 0 radical (unpaired) electrons. The first-order valence-electron chi connectivity index (χ1n) is 5.78. The molecule has 0 unspecified atom stereocenters. The lowest BCUT2D eigenvalue weighted by Crippen LogP contribution is -2.17. The highest BCUT2D eigenvalue weighted by Crippen LogP contribution is 2.24. The van der Waals surface area contributed by atoms with Crippen molar-refractivity contribution in [3.05, 3.63) is 29.3 Å². The standard InChI is InChI=1S/C14H11F3O3S/c1-10(19)21-5-3-2-4-11-6-12(9-18)8-13(7-11)20-14(15,16)17/h6-9H,3,5H2,1H3. The van der Waals surface area contributed by atoms with Gasteiger partial charge in [-0.05, 0) is 18.2 Å². The maximum atomic E-state index is 12.2. The number of alkyl halides is 3. The summed E-state index contributed by atoms with van der Waals surface area (Å²) < 4.78 is 40.2. The van der Waals surface area contributed by atoms with Crippen LogP contribution in [0.25, 0.3) is 0 Å². The Morgan fingerprint density at radius 1 is 1.38 bits per heavy atom. The summed E-state index contributed by atoms with van der Waals surface area (Å²) >= 11 is 1.11. The van der Waals surface area contributed by atoms with Crippen molar-refractivity contribution < 1.29 is 27.5 Å². The molecule has 0 saturated heterocycles. The summed E-state index contributed by atoms with van der Waals surface area (Å²) in [5.74, 6) is 5.37. The van der Waals surface area contributed by atoms with E-state index in [1.54, 1.807) is 0 Å². The third kappa shape index (κ3) is 7.42. The summed E-state index contributed by atoms with van der Waals surface area (Å²) in [7, 11) is 0. The number of halogens is 3. The second-order valence-electron chi connectivity index (χ2n) is 3.85. The Bertz CT molecular complexity index is 585. The topological polar surface area (TPSA) is 43.4 Å². The van der Waals surface area contributed by atoms with Gasteiger partial charge in [0.1, 0.15) is 12.0 Å². The van der Waals surface area contributed by atoms with Crippen LogP contribution in [0, 0.1) is 11.8 Å². The number of carbonyl (C=O) groups excluding carboxylic acids is 2. The Morgan fingerprint density at radius 2 is 2.10 bits per heavy atom. The zero-order valence-electron chi connectivity index (χ0n) is 11.0. The zero-order valence-corrected chi connectivity index (χ0v) is 11.8. The minimum atomic E-state index is -4.83. The summed E-state index contributed by atoms with van der Waals surface area (Å²) in [5.41, 5.74) is 0.283. The van der Waals surface area contributed by atoms with Crippen LogP contribution in [-0.2, 0) is 4.79 Å². The smallest absolute Gasteiger partial charge is 0.406 e. The Hall–Kier alpha value is -1.94. The molecule has 0 aliphatic rings. The molecular formula is C14H11F3O3S. The molecule has 0 amide bonds. The van der Waals surface area contributed by atoms with Gasteiger partial charge in [-0.2, -0.15) is 0 Å². The molecule has 1 rings (SSSR count). The van der Waals surface area contributed by atoms with Crippen LogP contribution in [-0.4, -0.2) is 23.5 Å². The number of aldehydes is 1. The summed E-state index contributed by atoms with van der Waals surface area (Å²) in [5, 5.41) is -0.0272. The summed E-state index contributed by atoms with van der Waals surface area (Å²) in [6.45, 7) is 1.44. The van der Waals surface area contributed by atoms with Gasteiger partial charge < -0.3 is 4.74 Å². The third-order valence-corrected chi connectivity index (χ3v) is 2.88. The number of thioether (sulfide) groups is 1. The van der Waals surface area contributed by atoms with Gasteiger partial charge in [0.25, 0.3) is 0 Å². The van der Waals surface area contributed by atoms with Gasteiger partial charge in [0.05, 0.1) is 0 Å². The molecule has 3 nitrogen and oxygen atoms in total. The lowest BCUT2D eigenvalue weighted by Gasteiger charge is -2.09. The van der Waals surface area contributed by atoms with Crippen LogP contribution in [0.5, 0.6) is 5.75 Å². The molecule has 0 N–H and O–H groups in total. The lowest BCUT2D eigenvalue weighted by atomic mass is 10.1. The Balaban J connectivity index is 2.82. The van der Waals surface area contributed by atoms with Crippen LogP contribution < -0.4 is 4.74 Å². The summed E-state index contributed by atoms with van der Waals surface area (Å²) in [6, 6.07) is 3.45. The van der Waals surface area contributed by atoms with Crippen molar-refractivity contribution in [2.75, 3.05) is 5.75 Å². The second-order valence-corrected chi connectivity index (χ2v) is 5.12. The number of rotatable bonds is 4. The fourth-order valence-electron chi connectivity index (χ4n) is 1.37. The minimum absolute atomic E-state index is 0.0272.